The maximum atomic E-state index is 6.09. The summed E-state index contributed by atoms with van der Waals surface area (Å²) >= 11 is 0. The summed E-state index contributed by atoms with van der Waals surface area (Å²) in [6.45, 7) is 0. The van der Waals surface area contributed by atoms with Crippen LogP contribution in [0.5, 0.6) is 5.75 Å². The highest BCUT2D eigenvalue weighted by Crippen LogP contribution is 2.59. The molecule has 1 unspecified atom stereocenters. The number of rotatable bonds is 0. The number of benzene rings is 1. The third-order valence-corrected chi connectivity index (χ3v) is 4.46. The van der Waals surface area contributed by atoms with Crippen molar-refractivity contribution in [2.45, 2.75) is 18.3 Å². The standard InChI is InChI=1S/C16H11NO/c1-3-10-9-12-11-4-2-6-14-16(11,7-8-17-12)15(10)13(5-1)18-14/h1-6,8H,7,9H2. The fourth-order valence-electron chi connectivity index (χ4n) is 3.78. The Morgan fingerprint density at radius 1 is 1.28 bits per heavy atom. The van der Waals surface area contributed by atoms with E-state index in [2.05, 4.69) is 47.6 Å². The van der Waals surface area contributed by atoms with Crippen LogP contribution in [0.2, 0.25) is 0 Å². The molecular weight excluding hydrogens is 222 g/mol. The molecule has 2 heterocycles. The van der Waals surface area contributed by atoms with Crippen LogP contribution in [0.3, 0.4) is 0 Å². The SMILES string of the molecule is C1=CC2=C3Cc4cccc5c4C2(CC=N3)C(=C1)O5. The molecule has 2 aliphatic heterocycles. The highest BCUT2D eigenvalue weighted by Gasteiger charge is 2.53. The summed E-state index contributed by atoms with van der Waals surface area (Å²) in [5.41, 5.74) is 5.25. The molecule has 1 spiro atoms. The van der Waals surface area contributed by atoms with Crippen molar-refractivity contribution in [2.24, 2.45) is 4.99 Å². The Labute approximate surface area is 105 Å². The van der Waals surface area contributed by atoms with Crippen LogP contribution in [0.15, 0.2) is 58.4 Å². The minimum atomic E-state index is -0.0595. The summed E-state index contributed by atoms with van der Waals surface area (Å²) in [5.74, 6) is 2.11. The first-order chi connectivity index (χ1) is 8.89. The second kappa shape index (κ2) is 2.66. The number of aliphatic imine (C=N–C) groups is 1. The first kappa shape index (κ1) is 8.92. The van der Waals surface area contributed by atoms with Crippen LogP contribution in [0.4, 0.5) is 0 Å². The molecule has 2 aliphatic carbocycles. The predicted molar refractivity (Wildman–Crippen MR) is 69.8 cm³/mol. The van der Waals surface area contributed by atoms with E-state index in [-0.39, 0.29) is 5.41 Å². The van der Waals surface area contributed by atoms with Gasteiger partial charge in [0.25, 0.3) is 0 Å². The van der Waals surface area contributed by atoms with Crippen molar-refractivity contribution in [3.8, 4) is 5.75 Å². The average molecular weight is 233 g/mol. The summed E-state index contributed by atoms with van der Waals surface area (Å²) in [4.78, 5) is 4.61. The van der Waals surface area contributed by atoms with Crippen LogP contribution in [-0.4, -0.2) is 6.21 Å². The zero-order valence-electron chi connectivity index (χ0n) is 9.81. The summed E-state index contributed by atoms with van der Waals surface area (Å²) in [5, 5.41) is 0. The second-order valence-electron chi connectivity index (χ2n) is 5.24. The Balaban J connectivity index is 1.98. The van der Waals surface area contributed by atoms with Gasteiger partial charge in [0.05, 0.1) is 5.41 Å². The fraction of sp³-hybridized carbons (Fsp3) is 0.188. The van der Waals surface area contributed by atoms with E-state index in [4.69, 9.17) is 4.74 Å². The summed E-state index contributed by atoms with van der Waals surface area (Å²) < 4.78 is 6.09. The van der Waals surface area contributed by atoms with Crippen molar-refractivity contribution >= 4 is 6.21 Å². The highest BCUT2D eigenvalue weighted by atomic mass is 16.5. The van der Waals surface area contributed by atoms with Crippen LogP contribution in [0.25, 0.3) is 0 Å². The van der Waals surface area contributed by atoms with Crippen LogP contribution in [-0.2, 0) is 11.8 Å². The molecule has 0 fully saturated rings. The fourth-order valence-corrected chi connectivity index (χ4v) is 3.78. The van der Waals surface area contributed by atoms with E-state index in [9.17, 15) is 0 Å². The van der Waals surface area contributed by atoms with Crippen molar-refractivity contribution < 1.29 is 4.74 Å². The van der Waals surface area contributed by atoms with E-state index in [0.29, 0.717) is 0 Å². The maximum absolute atomic E-state index is 6.09. The van der Waals surface area contributed by atoms with Crippen LogP contribution in [0.1, 0.15) is 17.5 Å². The van der Waals surface area contributed by atoms with Crippen molar-refractivity contribution in [1.82, 2.24) is 0 Å². The zero-order valence-corrected chi connectivity index (χ0v) is 9.81. The lowest BCUT2D eigenvalue weighted by Crippen LogP contribution is -2.36. The minimum absolute atomic E-state index is 0.0595. The Hall–Kier alpha value is -2.09. The Morgan fingerprint density at radius 3 is 3.28 bits per heavy atom. The quantitative estimate of drug-likeness (QED) is 0.675. The third kappa shape index (κ3) is 0.769. The lowest BCUT2D eigenvalue weighted by Gasteiger charge is -2.39. The van der Waals surface area contributed by atoms with Gasteiger partial charge in [0.2, 0.25) is 0 Å². The van der Waals surface area contributed by atoms with Crippen molar-refractivity contribution in [1.29, 1.82) is 0 Å². The van der Waals surface area contributed by atoms with Gasteiger partial charge in [-0.2, -0.15) is 0 Å². The van der Waals surface area contributed by atoms with Crippen LogP contribution in [0, 0.1) is 0 Å². The second-order valence-corrected chi connectivity index (χ2v) is 5.24. The molecule has 2 heteroatoms. The summed E-state index contributed by atoms with van der Waals surface area (Å²) in [7, 11) is 0. The van der Waals surface area contributed by atoms with Gasteiger partial charge < -0.3 is 4.74 Å². The third-order valence-electron chi connectivity index (χ3n) is 4.46. The number of allylic oxidation sites excluding steroid dienone is 5. The zero-order chi connectivity index (χ0) is 11.7. The molecule has 4 aliphatic rings. The number of hydrogen-bond donors (Lipinski definition) is 0. The molecule has 2 bridgehead atoms. The average Bonchev–Trinajstić information content (AvgIpc) is 2.70. The van der Waals surface area contributed by atoms with Gasteiger partial charge in [-0.15, -0.1) is 0 Å². The summed E-state index contributed by atoms with van der Waals surface area (Å²) in [6, 6.07) is 6.38. The first-order valence-corrected chi connectivity index (χ1v) is 6.35. The van der Waals surface area contributed by atoms with E-state index >= 15 is 0 Å². The van der Waals surface area contributed by atoms with Gasteiger partial charge in [-0.05, 0) is 23.3 Å². The molecule has 1 atom stereocenters. The molecule has 2 nitrogen and oxygen atoms in total. The topological polar surface area (TPSA) is 21.6 Å². The lowest BCUT2D eigenvalue weighted by molar-refractivity contribution is 0.391. The van der Waals surface area contributed by atoms with Crippen molar-refractivity contribution in [3.63, 3.8) is 0 Å². The van der Waals surface area contributed by atoms with Gasteiger partial charge in [-0.3, -0.25) is 4.99 Å². The number of ether oxygens (including phenoxy) is 1. The highest BCUT2D eigenvalue weighted by molar-refractivity contribution is 5.78. The van der Waals surface area contributed by atoms with Gasteiger partial charge in [0.15, 0.2) is 0 Å². The molecule has 1 aromatic carbocycles. The minimum Gasteiger partial charge on any atom is -0.460 e. The molecule has 18 heavy (non-hydrogen) atoms. The van der Waals surface area contributed by atoms with E-state index < -0.39 is 0 Å². The predicted octanol–water partition coefficient (Wildman–Crippen LogP) is 3.06. The molecular formula is C16H11NO. The number of nitrogens with zero attached hydrogens (tertiary/aromatic N) is 1. The Bertz CT molecular complexity index is 721. The van der Waals surface area contributed by atoms with E-state index in [0.717, 1.165) is 24.4 Å². The Morgan fingerprint density at radius 2 is 2.28 bits per heavy atom. The normalized spacial score (nSPS) is 29.0. The van der Waals surface area contributed by atoms with Gasteiger partial charge in [0.1, 0.15) is 11.5 Å². The van der Waals surface area contributed by atoms with Crippen molar-refractivity contribution in [2.75, 3.05) is 0 Å². The molecule has 0 N–H and O–H groups in total. The van der Waals surface area contributed by atoms with E-state index in [1.165, 1.54) is 22.4 Å². The molecule has 0 saturated heterocycles. The molecule has 0 radical (unpaired) electrons. The van der Waals surface area contributed by atoms with Gasteiger partial charge in [-0.1, -0.05) is 24.3 Å². The number of hydrogen-bond acceptors (Lipinski definition) is 2. The molecule has 0 amide bonds. The van der Waals surface area contributed by atoms with E-state index in [1.54, 1.807) is 0 Å². The molecule has 1 aromatic rings. The summed E-state index contributed by atoms with van der Waals surface area (Å²) in [6.07, 6.45) is 10.3. The largest absolute Gasteiger partial charge is 0.460 e. The lowest BCUT2D eigenvalue weighted by atomic mass is 9.63. The smallest absolute Gasteiger partial charge is 0.131 e. The van der Waals surface area contributed by atoms with Crippen LogP contribution < -0.4 is 4.74 Å². The van der Waals surface area contributed by atoms with E-state index in [1.807, 2.05) is 0 Å². The molecule has 0 aromatic heterocycles. The van der Waals surface area contributed by atoms with Gasteiger partial charge in [0, 0.05) is 30.3 Å². The maximum Gasteiger partial charge on any atom is 0.131 e. The van der Waals surface area contributed by atoms with Gasteiger partial charge in [-0.25, -0.2) is 0 Å². The molecule has 0 saturated carbocycles. The molecule has 86 valence electrons. The Kier molecular flexibility index (Phi) is 1.32. The first-order valence-electron chi connectivity index (χ1n) is 6.35. The monoisotopic (exact) mass is 233 g/mol. The van der Waals surface area contributed by atoms with Crippen LogP contribution >= 0.6 is 0 Å². The van der Waals surface area contributed by atoms with Gasteiger partial charge >= 0.3 is 0 Å². The molecule has 5 rings (SSSR count). The van der Waals surface area contributed by atoms with Crippen molar-refractivity contribution in [3.05, 3.63) is 64.6 Å².